The number of hydrogen-bond acceptors (Lipinski definition) is 4. The quantitative estimate of drug-likeness (QED) is 0.838. The largest absolute Gasteiger partial charge is 0.332 e. The molecule has 3 rings (SSSR count). The summed E-state index contributed by atoms with van der Waals surface area (Å²) in [6.07, 6.45) is 1.72. The van der Waals surface area contributed by atoms with Crippen LogP contribution in [0.15, 0.2) is 36.5 Å². The van der Waals surface area contributed by atoms with Crippen LogP contribution in [-0.4, -0.2) is 48.0 Å². The van der Waals surface area contributed by atoms with Gasteiger partial charge in [0.05, 0.1) is 17.1 Å². The van der Waals surface area contributed by atoms with Crippen LogP contribution in [0.4, 0.5) is 0 Å². The Bertz CT molecular complexity index is 623. The topological polar surface area (TPSA) is 71.2 Å². The highest BCUT2D eigenvalue weighted by Gasteiger charge is 2.27. The fourth-order valence-electron chi connectivity index (χ4n) is 2.67. The number of pyridine rings is 1. The van der Waals surface area contributed by atoms with Gasteiger partial charge in [0.25, 0.3) is 5.91 Å². The molecule has 1 aromatic carbocycles. The third kappa shape index (κ3) is 2.26. The molecule has 104 valence electrons. The molecule has 0 radical (unpaired) electrons. The zero-order chi connectivity index (χ0) is 13.9. The Morgan fingerprint density at radius 3 is 3.10 bits per heavy atom. The van der Waals surface area contributed by atoms with Crippen molar-refractivity contribution < 1.29 is 4.79 Å². The van der Waals surface area contributed by atoms with E-state index < -0.39 is 0 Å². The number of nitrogens with zero attached hydrogens (tertiary/aromatic N) is 2. The van der Waals surface area contributed by atoms with Crippen molar-refractivity contribution in [3.05, 3.63) is 42.1 Å². The van der Waals surface area contributed by atoms with Gasteiger partial charge in [-0.1, -0.05) is 18.2 Å². The normalized spacial score (nSPS) is 19.2. The summed E-state index contributed by atoms with van der Waals surface area (Å²) < 4.78 is 0. The highest BCUT2D eigenvalue weighted by atomic mass is 16.2. The first kappa shape index (κ1) is 13.0. The van der Waals surface area contributed by atoms with Gasteiger partial charge >= 0.3 is 0 Å². The van der Waals surface area contributed by atoms with E-state index in [-0.39, 0.29) is 11.9 Å². The molecule has 1 fully saturated rings. The predicted molar refractivity (Wildman–Crippen MR) is 78.5 cm³/mol. The molecule has 5 nitrogen and oxygen atoms in total. The zero-order valence-electron chi connectivity index (χ0n) is 11.2. The van der Waals surface area contributed by atoms with E-state index in [0.29, 0.717) is 18.7 Å². The lowest BCUT2D eigenvalue weighted by molar-refractivity contribution is 0.0646. The third-order valence-corrected chi connectivity index (χ3v) is 3.75. The number of rotatable bonds is 2. The van der Waals surface area contributed by atoms with Crippen LogP contribution in [0.3, 0.4) is 0 Å². The molecule has 1 amide bonds. The number of carbonyl (C=O) groups is 1. The van der Waals surface area contributed by atoms with Gasteiger partial charge in [0, 0.05) is 37.8 Å². The maximum Gasteiger partial charge on any atom is 0.256 e. The average molecular weight is 270 g/mol. The first-order valence-electron chi connectivity index (χ1n) is 6.87. The van der Waals surface area contributed by atoms with Gasteiger partial charge < -0.3 is 16.0 Å². The average Bonchev–Trinajstić information content (AvgIpc) is 2.53. The van der Waals surface area contributed by atoms with Gasteiger partial charge in [0.2, 0.25) is 0 Å². The fourth-order valence-corrected chi connectivity index (χ4v) is 2.67. The number of hydrogen-bond donors (Lipinski definition) is 2. The summed E-state index contributed by atoms with van der Waals surface area (Å²) in [7, 11) is 0. The van der Waals surface area contributed by atoms with E-state index in [1.165, 1.54) is 0 Å². The molecule has 5 heteroatoms. The Morgan fingerprint density at radius 1 is 1.40 bits per heavy atom. The minimum absolute atomic E-state index is 0.0197. The molecule has 0 spiro atoms. The minimum Gasteiger partial charge on any atom is -0.332 e. The van der Waals surface area contributed by atoms with Crippen LogP contribution in [0.5, 0.6) is 0 Å². The predicted octanol–water partition coefficient (Wildman–Crippen LogP) is 0.608. The Morgan fingerprint density at radius 2 is 2.25 bits per heavy atom. The van der Waals surface area contributed by atoms with Crippen LogP contribution in [-0.2, 0) is 0 Å². The second-order valence-electron chi connectivity index (χ2n) is 4.97. The van der Waals surface area contributed by atoms with Crippen LogP contribution in [0, 0.1) is 0 Å². The van der Waals surface area contributed by atoms with Crippen LogP contribution in [0.1, 0.15) is 10.4 Å². The van der Waals surface area contributed by atoms with Crippen LogP contribution >= 0.6 is 0 Å². The van der Waals surface area contributed by atoms with E-state index in [1.807, 2.05) is 35.2 Å². The van der Waals surface area contributed by atoms with Gasteiger partial charge in [-0.3, -0.25) is 9.78 Å². The summed E-state index contributed by atoms with van der Waals surface area (Å²) in [6.45, 7) is 2.71. The maximum atomic E-state index is 12.8. The van der Waals surface area contributed by atoms with Crippen LogP contribution in [0.2, 0.25) is 0 Å². The van der Waals surface area contributed by atoms with Crippen molar-refractivity contribution in [3.63, 3.8) is 0 Å². The highest BCUT2D eigenvalue weighted by molar-refractivity contribution is 6.05. The second kappa shape index (κ2) is 5.56. The lowest BCUT2D eigenvalue weighted by Crippen LogP contribution is -2.56. The summed E-state index contributed by atoms with van der Waals surface area (Å²) >= 11 is 0. The van der Waals surface area contributed by atoms with Crippen molar-refractivity contribution in [2.24, 2.45) is 5.73 Å². The molecule has 1 aliphatic rings. The molecule has 1 aliphatic heterocycles. The molecule has 1 aromatic heterocycles. The van der Waals surface area contributed by atoms with Crippen molar-refractivity contribution in [2.45, 2.75) is 6.04 Å². The Hall–Kier alpha value is -1.98. The number of piperazine rings is 1. The van der Waals surface area contributed by atoms with Crippen molar-refractivity contribution in [3.8, 4) is 0 Å². The van der Waals surface area contributed by atoms with E-state index in [4.69, 9.17) is 5.73 Å². The molecular weight excluding hydrogens is 252 g/mol. The minimum atomic E-state index is 0.0197. The monoisotopic (exact) mass is 270 g/mol. The Labute approximate surface area is 117 Å². The molecule has 0 saturated carbocycles. The van der Waals surface area contributed by atoms with Crippen LogP contribution in [0.25, 0.3) is 10.9 Å². The molecule has 0 aliphatic carbocycles. The maximum absolute atomic E-state index is 12.8. The number of nitrogens with two attached hydrogens (primary N) is 1. The summed E-state index contributed by atoms with van der Waals surface area (Å²) in [5, 5.41) is 4.25. The molecule has 1 unspecified atom stereocenters. The summed E-state index contributed by atoms with van der Waals surface area (Å²) in [6, 6.07) is 9.61. The van der Waals surface area contributed by atoms with Crippen molar-refractivity contribution >= 4 is 16.8 Å². The zero-order valence-corrected chi connectivity index (χ0v) is 11.2. The molecule has 3 N–H and O–H groups in total. The van der Waals surface area contributed by atoms with Crippen molar-refractivity contribution in [2.75, 3.05) is 26.2 Å². The standard InChI is InChI=1S/C15H18N4O/c16-9-12-10-17-7-8-19(12)15(20)13-5-1-3-11-4-2-6-18-14(11)13/h1-6,12,17H,7-10,16H2. The third-order valence-electron chi connectivity index (χ3n) is 3.75. The molecular formula is C15H18N4O. The van der Waals surface area contributed by atoms with E-state index in [2.05, 4.69) is 10.3 Å². The van der Waals surface area contributed by atoms with Gasteiger partial charge in [0.1, 0.15) is 0 Å². The molecule has 1 saturated heterocycles. The van der Waals surface area contributed by atoms with Crippen molar-refractivity contribution in [1.82, 2.24) is 15.2 Å². The summed E-state index contributed by atoms with van der Waals surface area (Å²) in [5.74, 6) is 0.0197. The summed E-state index contributed by atoms with van der Waals surface area (Å²) in [5.41, 5.74) is 7.19. The second-order valence-corrected chi connectivity index (χ2v) is 4.97. The number of para-hydroxylation sites is 1. The van der Waals surface area contributed by atoms with E-state index >= 15 is 0 Å². The van der Waals surface area contributed by atoms with E-state index in [1.54, 1.807) is 6.20 Å². The number of benzene rings is 1. The van der Waals surface area contributed by atoms with E-state index in [9.17, 15) is 4.79 Å². The Balaban J connectivity index is 1.99. The van der Waals surface area contributed by atoms with Gasteiger partial charge in [-0.2, -0.15) is 0 Å². The first-order chi connectivity index (χ1) is 9.81. The molecule has 0 bridgehead atoms. The lowest BCUT2D eigenvalue weighted by Gasteiger charge is -2.35. The number of fused-ring (bicyclic) bond motifs is 1. The number of amides is 1. The van der Waals surface area contributed by atoms with Gasteiger partial charge in [-0.15, -0.1) is 0 Å². The highest BCUT2D eigenvalue weighted by Crippen LogP contribution is 2.19. The molecule has 20 heavy (non-hydrogen) atoms. The Kier molecular flexibility index (Phi) is 3.62. The smallest absolute Gasteiger partial charge is 0.256 e. The van der Waals surface area contributed by atoms with Crippen LogP contribution < -0.4 is 11.1 Å². The number of aromatic nitrogens is 1. The van der Waals surface area contributed by atoms with E-state index in [0.717, 1.165) is 24.0 Å². The van der Waals surface area contributed by atoms with Gasteiger partial charge in [-0.25, -0.2) is 0 Å². The van der Waals surface area contributed by atoms with Gasteiger partial charge in [-0.05, 0) is 12.1 Å². The molecule has 2 aromatic rings. The number of nitrogens with one attached hydrogen (secondary N) is 1. The number of carbonyl (C=O) groups excluding carboxylic acids is 1. The first-order valence-corrected chi connectivity index (χ1v) is 6.87. The molecule has 1 atom stereocenters. The van der Waals surface area contributed by atoms with Gasteiger partial charge in [0.15, 0.2) is 0 Å². The molecule has 2 heterocycles. The fraction of sp³-hybridized carbons (Fsp3) is 0.333. The summed E-state index contributed by atoms with van der Waals surface area (Å²) in [4.78, 5) is 19.0. The van der Waals surface area contributed by atoms with Crippen molar-refractivity contribution in [1.29, 1.82) is 0 Å². The SMILES string of the molecule is NCC1CNCCN1C(=O)c1cccc2cccnc12. The lowest BCUT2D eigenvalue weighted by atomic mass is 10.1.